The average Bonchev–Trinajstić information content (AvgIpc) is 2.29. The minimum atomic E-state index is -0.209. The van der Waals surface area contributed by atoms with Gasteiger partial charge in [0.2, 0.25) is 0 Å². The van der Waals surface area contributed by atoms with E-state index < -0.39 is 0 Å². The topological polar surface area (TPSA) is 58.6 Å². The maximum Gasteiger partial charge on any atom is 0.265 e. The van der Waals surface area contributed by atoms with Gasteiger partial charge < -0.3 is 4.98 Å². The Kier molecular flexibility index (Phi) is 3.82. The highest BCUT2D eigenvalue weighted by molar-refractivity contribution is 9.10. The smallest absolute Gasteiger partial charge is 0.265 e. The molecule has 0 aliphatic rings. The third-order valence-corrected chi connectivity index (χ3v) is 3.66. The normalized spacial score (nSPS) is 11.7. The predicted octanol–water partition coefficient (Wildman–Crippen LogP) is 3.51. The molecule has 0 saturated carbocycles. The molecule has 0 saturated heterocycles. The summed E-state index contributed by atoms with van der Waals surface area (Å²) in [6, 6.07) is 3.84. The fourth-order valence-electron chi connectivity index (χ4n) is 2.06. The molecular weight excluding hydrogens is 318 g/mol. The zero-order valence-corrected chi connectivity index (χ0v) is 13.9. The molecule has 2 heterocycles. The zero-order chi connectivity index (χ0) is 15.1. The van der Waals surface area contributed by atoms with E-state index in [-0.39, 0.29) is 11.0 Å². The van der Waals surface area contributed by atoms with Gasteiger partial charge in [0, 0.05) is 22.4 Å². The van der Waals surface area contributed by atoms with E-state index >= 15 is 0 Å². The molecule has 106 valence electrons. The first-order chi connectivity index (χ1) is 9.18. The second-order valence-corrected chi connectivity index (χ2v) is 6.76. The van der Waals surface area contributed by atoms with Crippen molar-refractivity contribution in [2.45, 2.75) is 40.0 Å². The number of nitrogens with zero attached hydrogens (tertiary/aromatic N) is 2. The van der Waals surface area contributed by atoms with Crippen molar-refractivity contribution >= 4 is 15.9 Å². The van der Waals surface area contributed by atoms with Crippen molar-refractivity contribution in [3.05, 3.63) is 44.0 Å². The van der Waals surface area contributed by atoms with Crippen LogP contribution in [0, 0.1) is 13.8 Å². The van der Waals surface area contributed by atoms with Gasteiger partial charge in [-0.2, -0.15) is 0 Å². The van der Waals surface area contributed by atoms with Gasteiger partial charge in [-0.15, -0.1) is 0 Å². The second kappa shape index (κ2) is 5.13. The van der Waals surface area contributed by atoms with E-state index in [2.05, 4.69) is 30.9 Å². The van der Waals surface area contributed by atoms with Gasteiger partial charge in [0.1, 0.15) is 10.3 Å². The van der Waals surface area contributed by atoms with Crippen LogP contribution in [0.15, 0.2) is 21.4 Å². The molecule has 0 radical (unpaired) electrons. The lowest BCUT2D eigenvalue weighted by Gasteiger charge is -2.19. The van der Waals surface area contributed by atoms with Gasteiger partial charge >= 0.3 is 0 Å². The molecule has 2 rings (SSSR count). The van der Waals surface area contributed by atoms with Crippen LogP contribution in [0.2, 0.25) is 0 Å². The summed E-state index contributed by atoms with van der Waals surface area (Å²) < 4.78 is 0.497. The van der Waals surface area contributed by atoms with Crippen LogP contribution in [0.25, 0.3) is 11.4 Å². The third kappa shape index (κ3) is 2.98. The first kappa shape index (κ1) is 14.9. The van der Waals surface area contributed by atoms with Crippen LogP contribution in [0.1, 0.15) is 37.9 Å². The number of hydrogen-bond acceptors (Lipinski definition) is 3. The first-order valence-corrected chi connectivity index (χ1v) is 7.24. The number of aromatic amines is 1. The molecule has 1 N–H and O–H groups in total. The summed E-state index contributed by atoms with van der Waals surface area (Å²) in [5.74, 6) is 0.580. The van der Waals surface area contributed by atoms with Crippen molar-refractivity contribution in [2.75, 3.05) is 0 Å². The lowest BCUT2D eigenvalue weighted by molar-refractivity contribution is 0.562. The van der Waals surface area contributed by atoms with Gasteiger partial charge in [-0.3, -0.25) is 9.78 Å². The summed E-state index contributed by atoms with van der Waals surface area (Å²) in [4.78, 5) is 23.9. The lowest BCUT2D eigenvalue weighted by Crippen LogP contribution is -2.22. The summed E-state index contributed by atoms with van der Waals surface area (Å²) in [6.07, 6.45) is 0. The van der Waals surface area contributed by atoms with Crippen LogP contribution in [0.4, 0.5) is 0 Å². The molecule has 5 heteroatoms. The van der Waals surface area contributed by atoms with Gasteiger partial charge in [-0.05, 0) is 41.9 Å². The summed E-state index contributed by atoms with van der Waals surface area (Å²) in [6.45, 7) is 9.96. The van der Waals surface area contributed by atoms with Crippen molar-refractivity contribution in [1.29, 1.82) is 0 Å². The highest BCUT2D eigenvalue weighted by atomic mass is 79.9. The average molecular weight is 336 g/mol. The Bertz CT molecular complexity index is 694. The SMILES string of the molecule is Cc1cc(-c2nc(C(C)(C)C)c(Br)c(=O)[nH]2)cc(C)n1. The van der Waals surface area contributed by atoms with Crippen LogP contribution >= 0.6 is 15.9 Å². The van der Waals surface area contributed by atoms with Gasteiger partial charge in [0.05, 0.1) is 5.69 Å². The minimum absolute atomic E-state index is 0.160. The number of hydrogen-bond donors (Lipinski definition) is 1. The Morgan fingerprint density at radius 3 is 2.15 bits per heavy atom. The van der Waals surface area contributed by atoms with Crippen molar-refractivity contribution in [2.24, 2.45) is 0 Å². The van der Waals surface area contributed by atoms with E-state index in [4.69, 9.17) is 0 Å². The highest BCUT2D eigenvalue weighted by Gasteiger charge is 2.22. The highest BCUT2D eigenvalue weighted by Crippen LogP contribution is 2.27. The molecule has 2 aromatic heterocycles. The van der Waals surface area contributed by atoms with E-state index in [0.717, 1.165) is 22.6 Å². The number of H-pyrrole nitrogens is 1. The molecule has 0 spiro atoms. The maximum absolute atomic E-state index is 12.1. The van der Waals surface area contributed by atoms with E-state index in [1.807, 2.05) is 46.8 Å². The number of pyridine rings is 1. The first-order valence-electron chi connectivity index (χ1n) is 6.44. The standard InChI is InChI=1S/C15H18BrN3O/c1-8-6-10(7-9(2)17-8)13-18-12(15(3,4)5)11(16)14(20)19-13/h6-7H,1-5H3,(H,18,19,20). The van der Waals surface area contributed by atoms with Crippen LogP contribution in [-0.4, -0.2) is 15.0 Å². The largest absolute Gasteiger partial charge is 0.306 e. The molecule has 0 aromatic carbocycles. The maximum atomic E-state index is 12.1. The monoisotopic (exact) mass is 335 g/mol. The molecule has 4 nitrogen and oxygen atoms in total. The van der Waals surface area contributed by atoms with Gasteiger partial charge in [0.15, 0.2) is 0 Å². The molecule has 0 atom stereocenters. The fourth-order valence-corrected chi connectivity index (χ4v) is 2.85. The molecule has 0 unspecified atom stereocenters. The van der Waals surface area contributed by atoms with Crippen molar-refractivity contribution < 1.29 is 0 Å². The Balaban J connectivity index is 2.70. The van der Waals surface area contributed by atoms with Gasteiger partial charge in [-0.1, -0.05) is 20.8 Å². The Hall–Kier alpha value is -1.49. The summed E-state index contributed by atoms with van der Waals surface area (Å²) >= 11 is 3.33. The molecular formula is C15H18BrN3O. The van der Waals surface area contributed by atoms with E-state index in [0.29, 0.717) is 10.3 Å². The van der Waals surface area contributed by atoms with Crippen molar-refractivity contribution in [3.63, 3.8) is 0 Å². The number of aromatic nitrogens is 3. The molecule has 0 bridgehead atoms. The zero-order valence-electron chi connectivity index (χ0n) is 12.3. The molecule has 0 aliphatic carbocycles. The fraction of sp³-hybridized carbons (Fsp3) is 0.400. The summed E-state index contributed by atoms with van der Waals surface area (Å²) in [5, 5.41) is 0. The van der Waals surface area contributed by atoms with Crippen molar-refractivity contribution in [1.82, 2.24) is 15.0 Å². The van der Waals surface area contributed by atoms with Crippen LogP contribution < -0.4 is 5.56 Å². The molecule has 0 aliphatic heterocycles. The van der Waals surface area contributed by atoms with Gasteiger partial charge in [0.25, 0.3) is 5.56 Å². The predicted molar refractivity (Wildman–Crippen MR) is 84.0 cm³/mol. The molecule has 0 amide bonds. The number of halogens is 1. The van der Waals surface area contributed by atoms with Crippen LogP contribution in [0.5, 0.6) is 0 Å². The molecule has 2 aromatic rings. The number of rotatable bonds is 1. The van der Waals surface area contributed by atoms with E-state index in [1.165, 1.54) is 0 Å². The van der Waals surface area contributed by atoms with Gasteiger partial charge in [-0.25, -0.2) is 4.98 Å². The number of aryl methyl sites for hydroxylation is 2. The minimum Gasteiger partial charge on any atom is -0.306 e. The van der Waals surface area contributed by atoms with E-state index in [1.54, 1.807) is 0 Å². The molecule has 0 fully saturated rings. The van der Waals surface area contributed by atoms with Crippen LogP contribution in [0.3, 0.4) is 0 Å². The van der Waals surface area contributed by atoms with E-state index in [9.17, 15) is 4.79 Å². The lowest BCUT2D eigenvalue weighted by atomic mass is 9.92. The Morgan fingerprint density at radius 1 is 1.10 bits per heavy atom. The van der Waals surface area contributed by atoms with Crippen molar-refractivity contribution in [3.8, 4) is 11.4 Å². The third-order valence-electron chi connectivity index (χ3n) is 2.93. The summed E-state index contributed by atoms with van der Waals surface area (Å²) in [5.41, 5.74) is 3.07. The number of nitrogens with one attached hydrogen (secondary N) is 1. The quantitative estimate of drug-likeness (QED) is 0.867. The molecule has 20 heavy (non-hydrogen) atoms. The second-order valence-electron chi connectivity index (χ2n) is 5.97. The Labute approximate surface area is 126 Å². The van der Waals surface area contributed by atoms with Crippen LogP contribution in [-0.2, 0) is 5.41 Å². The summed E-state index contributed by atoms with van der Waals surface area (Å²) in [7, 11) is 0. The Morgan fingerprint density at radius 2 is 1.65 bits per heavy atom.